The first-order valence-corrected chi connectivity index (χ1v) is 6.78. The number of nitrogens with one attached hydrogen (secondary N) is 2. The maximum atomic E-state index is 11.4. The number of aromatic amines is 2. The zero-order valence-corrected chi connectivity index (χ0v) is 11.5. The predicted molar refractivity (Wildman–Crippen MR) is 77.3 cm³/mol. The van der Waals surface area contributed by atoms with Crippen molar-refractivity contribution in [1.82, 2.24) is 14.8 Å². The van der Waals surface area contributed by atoms with E-state index in [0.717, 1.165) is 36.8 Å². The molecule has 4 N–H and O–H groups in total. The van der Waals surface area contributed by atoms with Crippen molar-refractivity contribution in [3.05, 3.63) is 37.8 Å². The molecule has 0 amide bonds. The van der Waals surface area contributed by atoms with Crippen LogP contribution in [-0.2, 0) is 12.8 Å². The molecule has 0 unspecified atom stereocenters. The van der Waals surface area contributed by atoms with Crippen molar-refractivity contribution < 1.29 is 0 Å². The molecule has 0 spiro atoms. The number of fused-ring (bicyclic) bond motifs is 1. The Labute approximate surface area is 119 Å². The monoisotopic (exact) mass is 287 g/mol. The molecule has 2 aromatic rings. The number of rotatable bonds is 1. The summed E-state index contributed by atoms with van der Waals surface area (Å²) in [4.78, 5) is 14.4. The fraction of sp³-hybridized carbons (Fsp3) is 0.308. The Morgan fingerprint density at radius 3 is 2.65 bits per heavy atom. The van der Waals surface area contributed by atoms with Gasteiger partial charge in [0.05, 0.1) is 5.56 Å². The van der Waals surface area contributed by atoms with Crippen LogP contribution in [0.25, 0.3) is 5.82 Å². The van der Waals surface area contributed by atoms with E-state index in [1.165, 1.54) is 10.7 Å². The summed E-state index contributed by atoms with van der Waals surface area (Å²) in [5.74, 6) is 0.987. The first kappa shape index (κ1) is 12.7. The summed E-state index contributed by atoms with van der Waals surface area (Å²) in [5.41, 5.74) is 8.10. The molecule has 20 heavy (non-hydrogen) atoms. The van der Waals surface area contributed by atoms with Gasteiger partial charge in [0, 0.05) is 6.07 Å². The minimum atomic E-state index is -0.268. The Morgan fingerprint density at radius 1 is 1.35 bits per heavy atom. The Morgan fingerprint density at radius 2 is 2.05 bits per heavy atom. The smallest absolute Gasteiger partial charge is 0.266 e. The van der Waals surface area contributed by atoms with Gasteiger partial charge in [-0.1, -0.05) is 12.2 Å². The highest BCUT2D eigenvalue weighted by Gasteiger charge is 2.21. The summed E-state index contributed by atoms with van der Waals surface area (Å²) in [7, 11) is 0. The van der Waals surface area contributed by atoms with Crippen molar-refractivity contribution in [3.8, 4) is 11.9 Å². The number of nitriles is 1. The van der Waals surface area contributed by atoms with E-state index in [1.54, 1.807) is 0 Å². The quantitative estimate of drug-likeness (QED) is 0.692. The molecular weight excluding hydrogens is 274 g/mol. The highest BCUT2D eigenvalue weighted by molar-refractivity contribution is 7.71. The molecule has 6 nitrogen and oxygen atoms in total. The van der Waals surface area contributed by atoms with Gasteiger partial charge in [0.1, 0.15) is 22.3 Å². The second kappa shape index (κ2) is 4.65. The first-order valence-electron chi connectivity index (χ1n) is 6.38. The van der Waals surface area contributed by atoms with Crippen LogP contribution in [0.1, 0.15) is 29.5 Å². The van der Waals surface area contributed by atoms with Crippen molar-refractivity contribution in [1.29, 1.82) is 5.26 Å². The lowest BCUT2D eigenvalue weighted by molar-refractivity contribution is 0.667. The third-order valence-electron chi connectivity index (χ3n) is 3.61. The molecule has 0 fully saturated rings. The van der Waals surface area contributed by atoms with Crippen molar-refractivity contribution in [2.75, 3.05) is 5.73 Å². The maximum absolute atomic E-state index is 11.4. The minimum absolute atomic E-state index is 0.268. The molecule has 0 saturated carbocycles. The van der Waals surface area contributed by atoms with Crippen molar-refractivity contribution in [3.63, 3.8) is 0 Å². The number of anilines is 1. The van der Waals surface area contributed by atoms with E-state index < -0.39 is 0 Å². The van der Waals surface area contributed by atoms with Gasteiger partial charge in [0.15, 0.2) is 0 Å². The van der Waals surface area contributed by atoms with E-state index in [-0.39, 0.29) is 5.56 Å². The Kier molecular flexibility index (Phi) is 2.95. The van der Waals surface area contributed by atoms with Gasteiger partial charge < -0.3 is 10.7 Å². The SMILES string of the molecule is N#Cc1c2c(c(-n3[nH]c(=O)cc3N)[nH]c1=S)CCCC2. The number of aromatic nitrogens is 3. The van der Waals surface area contributed by atoms with Crippen LogP contribution in [0.2, 0.25) is 0 Å². The van der Waals surface area contributed by atoms with Crippen molar-refractivity contribution >= 4 is 18.0 Å². The average Bonchev–Trinajstić information content (AvgIpc) is 2.77. The number of hydrogen-bond donors (Lipinski definition) is 3. The number of pyridine rings is 1. The van der Waals surface area contributed by atoms with Gasteiger partial charge in [0.25, 0.3) is 5.56 Å². The standard InChI is InChI=1S/C13H13N5OS/c14-6-9-7-3-1-2-4-8(7)12(16-13(9)20)18-10(15)5-11(19)17-18/h5H,1-4,15H2,(H,16,20)(H,17,19). The molecule has 3 rings (SSSR count). The molecule has 0 radical (unpaired) electrons. The van der Waals surface area contributed by atoms with E-state index in [4.69, 9.17) is 18.0 Å². The van der Waals surface area contributed by atoms with E-state index in [9.17, 15) is 10.1 Å². The largest absolute Gasteiger partial charge is 0.383 e. The second-order valence-electron chi connectivity index (χ2n) is 4.83. The maximum Gasteiger partial charge on any atom is 0.266 e. The molecule has 0 bridgehead atoms. The lowest BCUT2D eigenvalue weighted by Crippen LogP contribution is -2.16. The molecule has 102 valence electrons. The van der Waals surface area contributed by atoms with Crippen molar-refractivity contribution in [2.45, 2.75) is 25.7 Å². The normalized spacial score (nSPS) is 13.8. The van der Waals surface area contributed by atoms with Crippen LogP contribution in [0.15, 0.2) is 10.9 Å². The third kappa shape index (κ3) is 1.85. The van der Waals surface area contributed by atoms with Gasteiger partial charge in [-0.15, -0.1) is 0 Å². The number of nitrogens with zero attached hydrogens (tertiary/aromatic N) is 2. The third-order valence-corrected chi connectivity index (χ3v) is 3.92. The van der Waals surface area contributed by atoms with Gasteiger partial charge >= 0.3 is 0 Å². The molecule has 0 aliphatic heterocycles. The number of nitrogens with two attached hydrogens (primary N) is 1. The summed E-state index contributed by atoms with van der Waals surface area (Å²) >= 11 is 5.25. The van der Waals surface area contributed by atoms with E-state index in [2.05, 4.69) is 16.2 Å². The van der Waals surface area contributed by atoms with Gasteiger partial charge in [-0.2, -0.15) is 5.26 Å². The topological polar surface area (TPSA) is 103 Å². The number of H-pyrrole nitrogens is 2. The second-order valence-corrected chi connectivity index (χ2v) is 5.24. The van der Waals surface area contributed by atoms with E-state index >= 15 is 0 Å². The molecule has 1 aliphatic carbocycles. The van der Waals surface area contributed by atoms with Gasteiger partial charge in [0.2, 0.25) is 0 Å². The Hall–Kier alpha value is -2.33. The predicted octanol–water partition coefficient (Wildman–Crippen LogP) is 1.56. The molecule has 2 aromatic heterocycles. The van der Waals surface area contributed by atoms with E-state index in [1.807, 2.05) is 0 Å². The zero-order valence-electron chi connectivity index (χ0n) is 10.7. The lowest BCUT2D eigenvalue weighted by atomic mass is 9.89. The van der Waals surface area contributed by atoms with Crippen LogP contribution >= 0.6 is 12.2 Å². The van der Waals surface area contributed by atoms with Crippen LogP contribution < -0.4 is 11.3 Å². The van der Waals surface area contributed by atoms with E-state index in [0.29, 0.717) is 21.8 Å². The summed E-state index contributed by atoms with van der Waals surface area (Å²) in [6.07, 6.45) is 3.75. The van der Waals surface area contributed by atoms with Crippen LogP contribution in [0.4, 0.5) is 5.82 Å². The molecule has 0 atom stereocenters. The van der Waals surface area contributed by atoms with Crippen LogP contribution in [0.5, 0.6) is 0 Å². The first-order chi connectivity index (χ1) is 9.61. The molecular formula is C13H13N5OS. The van der Waals surface area contributed by atoms with Gasteiger partial charge in [-0.25, -0.2) is 4.68 Å². The lowest BCUT2D eigenvalue weighted by Gasteiger charge is -2.21. The van der Waals surface area contributed by atoms with Crippen LogP contribution in [0.3, 0.4) is 0 Å². The Balaban J connectivity index is 2.35. The van der Waals surface area contributed by atoms with Crippen LogP contribution in [-0.4, -0.2) is 14.8 Å². The molecule has 1 aliphatic rings. The fourth-order valence-electron chi connectivity index (χ4n) is 2.73. The van der Waals surface area contributed by atoms with Crippen molar-refractivity contribution in [2.24, 2.45) is 0 Å². The molecule has 0 saturated heterocycles. The summed E-state index contributed by atoms with van der Waals surface area (Å²) in [6.45, 7) is 0. The number of nitrogen functional groups attached to an aromatic ring is 1. The highest BCUT2D eigenvalue weighted by Crippen LogP contribution is 2.29. The average molecular weight is 287 g/mol. The fourth-order valence-corrected chi connectivity index (χ4v) is 2.99. The number of hydrogen-bond acceptors (Lipinski definition) is 4. The summed E-state index contributed by atoms with van der Waals surface area (Å²) in [5, 5.41) is 11.9. The minimum Gasteiger partial charge on any atom is -0.383 e. The van der Waals surface area contributed by atoms with Gasteiger partial charge in [-0.3, -0.25) is 9.89 Å². The molecule has 0 aromatic carbocycles. The summed E-state index contributed by atoms with van der Waals surface area (Å²) < 4.78 is 1.89. The van der Waals surface area contributed by atoms with Gasteiger partial charge in [-0.05, 0) is 36.8 Å². The molecule has 7 heteroatoms. The zero-order chi connectivity index (χ0) is 14.3. The highest BCUT2D eigenvalue weighted by atomic mass is 32.1. The Bertz CT molecular complexity index is 836. The molecule has 2 heterocycles. The van der Waals surface area contributed by atoms with Crippen LogP contribution in [0, 0.1) is 16.0 Å². The summed E-state index contributed by atoms with van der Waals surface area (Å²) in [6, 6.07) is 3.50.